The Kier molecular flexibility index (Phi) is 3.50. The molecule has 2 rings (SSSR count). The van der Waals surface area contributed by atoms with E-state index in [1.807, 2.05) is 26.0 Å². The van der Waals surface area contributed by atoms with Crippen molar-refractivity contribution in [1.82, 2.24) is 5.32 Å². The van der Waals surface area contributed by atoms with E-state index in [4.69, 9.17) is 0 Å². The average molecular weight is 247 g/mol. The minimum Gasteiger partial charge on any atom is -0.338 e. The molecular weight excluding hydrogens is 230 g/mol. The van der Waals surface area contributed by atoms with Gasteiger partial charge in [-0.2, -0.15) is 0 Å². The van der Waals surface area contributed by atoms with Gasteiger partial charge in [-0.3, -0.25) is 4.79 Å². The van der Waals surface area contributed by atoms with Gasteiger partial charge in [0, 0.05) is 17.9 Å². The quantitative estimate of drug-likeness (QED) is 0.766. The number of benzene rings is 1. The van der Waals surface area contributed by atoms with Gasteiger partial charge in [0.05, 0.1) is 5.92 Å². The van der Waals surface area contributed by atoms with Crippen LogP contribution in [0.1, 0.15) is 31.7 Å². The van der Waals surface area contributed by atoms with Crippen molar-refractivity contribution in [3.8, 4) is 0 Å². The van der Waals surface area contributed by atoms with Gasteiger partial charge in [0.2, 0.25) is 5.91 Å². The predicted molar refractivity (Wildman–Crippen MR) is 70.8 cm³/mol. The number of fused-ring (bicyclic) bond motifs is 1. The van der Waals surface area contributed by atoms with Gasteiger partial charge in [0.1, 0.15) is 0 Å². The minimum atomic E-state index is -0.221. The lowest BCUT2D eigenvalue weighted by Gasteiger charge is -2.08. The van der Waals surface area contributed by atoms with Gasteiger partial charge in [-0.25, -0.2) is 4.79 Å². The Balaban J connectivity index is 2.08. The van der Waals surface area contributed by atoms with Gasteiger partial charge in [0.15, 0.2) is 0 Å². The second-order valence-electron chi connectivity index (χ2n) is 4.39. The van der Waals surface area contributed by atoms with E-state index >= 15 is 0 Å². The summed E-state index contributed by atoms with van der Waals surface area (Å²) in [5.74, 6) is -0.168. The normalized spacial score (nSPS) is 17.0. The molecule has 1 atom stereocenters. The SMILES string of the molecule is CCCNC(=O)Nc1ccc2c(c1)C(C)C(=O)N2. The number of amides is 3. The molecule has 96 valence electrons. The molecule has 0 radical (unpaired) electrons. The number of carbonyl (C=O) groups is 2. The molecule has 0 saturated heterocycles. The highest BCUT2D eigenvalue weighted by Gasteiger charge is 2.26. The topological polar surface area (TPSA) is 70.2 Å². The molecule has 3 N–H and O–H groups in total. The summed E-state index contributed by atoms with van der Waals surface area (Å²) in [6.45, 7) is 4.49. The van der Waals surface area contributed by atoms with Crippen LogP contribution < -0.4 is 16.0 Å². The molecule has 1 aliphatic rings. The monoisotopic (exact) mass is 247 g/mol. The van der Waals surface area contributed by atoms with E-state index in [-0.39, 0.29) is 17.9 Å². The molecule has 0 saturated carbocycles. The van der Waals surface area contributed by atoms with Crippen molar-refractivity contribution in [3.05, 3.63) is 23.8 Å². The molecule has 1 aromatic carbocycles. The van der Waals surface area contributed by atoms with Crippen LogP contribution in [-0.2, 0) is 4.79 Å². The molecule has 0 bridgehead atoms. The molecular formula is C13H17N3O2. The Bertz CT molecular complexity index is 485. The Morgan fingerprint density at radius 3 is 2.94 bits per heavy atom. The zero-order valence-corrected chi connectivity index (χ0v) is 10.5. The fourth-order valence-electron chi connectivity index (χ4n) is 1.91. The third-order valence-electron chi connectivity index (χ3n) is 2.96. The summed E-state index contributed by atoms with van der Waals surface area (Å²) in [5.41, 5.74) is 2.45. The van der Waals surface area contributed by atoms with Crippen LogP contribution >= 0.6 is 0 Å². The van der Waals surface area contributed by atoms with Crippen molar-refractivity contribution >= 4 is 23.3 Å². The smallest absolute Gasteiger partial charge is 0.319 e. The molecule has 0 aromatic heterocycles. The molecule has 1 aromatic rings. The van der Waals surface area contributed by atoms with Gasteiger partial charge in [0.25, 0.3) is 0 Å². The summed E-state index contributed by atoms with van der Waals surface area (Å²) in [5, 5.41) is 8.28. The summed E-state index contributed by atoms with van der Waals surface area (Å²) < 4.78 is 0. The van der Waals surface area contributed by atoms with Crippen LogP contribution in [0.3, 0.4) is 0 Å². The molecule has 0 aliphatic carbocycles. The average Bonchev–Trinajstić information content (AvgIpc) is 2.63. The van der Waals surface area contributed by atoms with E-state index < -0.39 is 0 Å². The van der Waals surface area contributed by atoms with Gasteiger partial charge in [-0.05, 0) is 37.1 Å². The van der Waals surface area contributed by atoms with E-state index in [9.17, 15) is 9.59 Å². The molecule has 1 heterocycles. The second-order valence-corrected chi connectivity index (χ2v) is 4.39. The van der Waals surface area contributed by atoms with E-state index in [0.29, 0.717) is 12.2 Å². The highest BCUT2D eigenvalue weighted by molar-refractivity contribution is 6.03. The molecule has 0 spiro atoms. The first-order chi connectivity index (χ1) is 8.61. The standard InChI is InChI=1S/C13H17N3O2/c1-3-6-14-13(18)15-9-4-5-11-10(7-9)8(2)12(17)16-11/h4-5,7-8H,3,6H2,1-2H3,(H,16,17)(H2,14,15,18). The molecule has 5 heteroatoms. The van der Waals surface area contributed by atoms with Crippen LogP contribution in [0.2, 0.25) is 0 Å². The van der Waals surface area contributed by atoms with Gasteiger partial charge < -0.3 is 16.0 Å². The van der Waals surface area contributed by atoms with E-state index in [0.717, 1.165) is 17.7 Å². The maximum atomic E-state index is 11.5. The lowest BCUT2D eigenvalue weighted by Crippen LogP contribution is -2.29. The largest absolute Gasteiger partial charge is 0.338 e. The Morgan fingerprint density at radius 2 is 2.22 bits per heavy atom. The zero-order chi connectivity index (χ0) is 13.1. The number of nitrogens with one attached hydrogen (secondary N) is 3. The lowest BCUT2D eigenvalue weighted by molar-refractivity contribution is -0.116. The van der Waals surface area contributed by atoms with Crippen LogP contribution in [0.15, 0.2) is 18.2 Å². The van der Waals surface area contributed by atoms with Crippen LogP contribution in [-0.4, -0.2) is 18.5 Å². The van der Waals surface area contributed by atoms with Crippen molar-refractivity contribution in [2.75, 3.05) is 17.2 Å². The van der Waals surface area contributed by atoms with E-state index in [1.165, 1.54) is 0 Å². The summed E-state index contributed by atoms with van der Waals surface area (Å²) in [4.78, 5) is 23.0. The number of hydrogen-bond donors (Lipinski definition) is 3. The van der Waals surface area contributed by atoms with Gasteiger partial charge >= 0.3 is 6.03 Å². The number of carbonyl (C=O) groups excluding carboxylic acids is 2. The van der Waals surface area contributed by atoms with Crippen molar-refractivity contribution in [2.24, 2.45) is 0 Å². The fraction of sp³-hybridized carbons (Fsp3) is 0.385. The van der Waals surface area contributed by atoms with Crippen molar-refractivity contribution < 1.29 is 9.59 Å². The second kappa shape index (κ2) is 5.08. The number of urea groups is 1. The van der Waals surface area contributed by atoms with Crippen LogP contribution in [0.25, 0.3) is 0 Å². The molecule has 18 heavy (non-hydrogen) atoms. The van der Waals surface area contributed by atoms with Crippen LogP contribution in [0, 0.1) is 0 Å². The van der Waals surface area contributed by atoms with Crippen LogP contribution in [0.4, 0.5) is 16.2 Å². The number of anilines is 2. The predicted octanol–water partition coefficient (Wildman–Crippen LogP) is 2.27. The molecule has 3 amide bonds. The molecule has 0 fully saturated rings. The number of hydrogen-bond acceptors (Lipinski definition) is 2. The van der Waals surface area contributed by atoms with Crippen molar-refractivity contribution in [2.45, 2.75) is 26.2 Å². The first kappa shape index (κ1) is 12.4. The summed E-state index contributed by atoms with van der Waals surface area (Å²) in [6.07, 6.45) is 0.896. The highest BCUT2D eigenvalue weighted by atomic mass is 16.2. The Labute approximate surface area is 106 Å². The highest BCUT2D eigenvalue weighted by Crippen LogP contribution is 2.33. The molecule has 5 nitrogen and oxygen atoms in total. The van der Waals surface area contributed by atoms with Gasteiger partial charge in [-0.1, -0.05) is 6.92 Å². The van der Waals surface area contributed by atoms with Crippen LogP contribution in [0.5, 0.6) is 0 Å². The van der Waals surface area contributed by atoms with Gasteiger partial charge in [-0.15, -0.1) is 0 Å². The summed E-state index contributed by atoms with van der Waals surface area (Å²) in [6, 6.07) is 5.21. The third kappa shape index (κ3) is 2.45. The van der Waals surface area contributed by atoms with E-state index in [1.54, 1.807) is 6.07 Å². The summed E-state index contributed by atoms with van der Waals surface area (Å²) >= 11 is 0. The number of rotatable bonds is 3. The third-order valence-corrected chi connectivity index (χ3v) is 2.96. The zero-order valence-electron chi connectivity index (χ0n) is 10.5. The van der Waals surface area contributed by atoms with Crippen molar-refractivity contribution in [1.29, 1.82) is 0 Å². The Hall–Kier alpha value is -2.04. The first-order valence-corrected chi connectivity index (χ1v) is 6.11. The fourth-order valence-corrected chi connectivity index (χ4v) is 1.91. The van der Waals surface area contributed by atoms with Crippen molar-refractivity contribution in [3.63, 3.8) is 0 Å². The lowest BCUT2D eigenvalue weighted by atomic mass is 10.0. The maximum Gasteiger partial charge on any atom is 0.319 e. The maximum absolute atomic E-state index is 11.5. The van der Waals surface area contributed by atoms with E-state index in [2.05, 4.69) is 16.0 Å². The molecule has 1 unspecified atom stereocenters. The Morgan fingerprint density at radius 1 is 1.44 bits per heavy atom. The molecule has 1 aliphatic heterocycles. The first-order valence-electron chi connectivity index (χ1n) is 6.11. The summed E-state index contributed by atoms with van der Waals surface area (Å²) in [7, 11) is 0. The minimum absolute atomic E-state index is 0.00224.